The average molecular weight is 335 g/mol. The summed E-state index contributed by atoms with van der Waals surface area (Å²) in [4.78, 5) is 0. The van der Waals surface area contributed by atoms with E-state index in [4.69, 9.17) is 11.5 Å². The molecule has 0 aromatic carbocycles. The first kappa shape index (κ1) is 20.1. The lowest BCUT2D eigenvalue weighted by Crippen LogP contribution is -2.02. The fourth-order valence-electron chi connectivity index (χ4n) is 2.38. The fraction of sp³-hybridized carbons (Fsp3) is 0.667. The summed E-state index contributed by atoms with van der Waals surface area (Å²) >= 11 is 0. The first-order chi connectivity index (χ1) is 11.2. The zero-order valence-electron chi connectivity index (χ0n) is 16.1. The lowest BCUT2D eigenvalue weighted by atomic mass is 10.1. The maximum absolute atomic E-state index is 5.74. The third-order valence-corrected chi connectivity index (χ3v) is 3.95. The molecule has 0 aliphatic carbocycles. The molecule has 2 heterocycles. The third kappa shape index (κ3) is 6.64. The molecule has 0 spiro atoms. The monoisotopic (exact) mass is 334 g/mol. The minimum atomic E-state index is 0.714. The number of aryl methyl sites for hydroxylation is 3. The molecule has 0 radical (unpaired) electrons. The molecule has 0 aliphatic rings. The van der Waals surface area contributed by atoms with Gasteiger partial charge < -0.3 is 11.5 Å². The van der Waals surface area contributed by atoms with Gasteiger partial charge in [-0.2, -0.15) is 10.2 Å². The number of nitrogens with two attached hydrogens (primary N) is 2. The van der Waals surface area contributed by atoms with Gasteiger partial charge in [-0.25, -0.2) is 0 Å². The second-order valence-corrected chi connectivity index (χ2v) is 7.24. The van der Waals surface area contributed by atoms with Crippen LogP contribution in [0.2, 0.25) is 0 Å². The van der Waals surface area contributed by atoms with Crippen molar-refractivity contribution in [3.8, 4) is 0 Å². The molecule has 0 aliphatic heterocycles. The van der Waals surface area contributed by atoms with Crippen LogP contribution in [0.4, 0.5) is 11.4 Å². The fourth-order valence-corrected chi connectivity index (χ4v) is 2.38. The molecule has 6 heteroatoms. The standard InChI is InChI=1S/2C9H17N3/c1-7(2)4-5-9-8(10)6-12(3)11-9;1-7(2)4-5-9-8(10)6-11-12(9)3/h2*6-7H,4-5,10H2,1-3H3. The second kappa shape index (κ2) is 9.35. The molecule has 0 saturated heterocycles. The maximum Gasteiger partial charge on any atom is 0.0853 e. The summed E-state index contributed by atoms with van der Waals surface area (Å²) in [7, 11) is 3.83. The topological polar surface area (TPSA) is 87.7 Å². The van der Waals surface area contributed by atoms with Gasteiger partial charge in [0.2, 0.25) is 0 Å². The van der Waals surface area contributed by atoms with Gasteiger partial charge in [0.1, 0.15) is 0 Å². The molecule has 2 aromatic heterocycles. The molecular weight excluding hydrogens is 300 g/mol. The largest absolute Gasteiger partial charge is 0.396 e. The van der Waals surface area contributed by atoms with Crippen LogP contribution in [0.15, 0.2) is 12.4 Å². The Morgan fingerprint density at radius 2 is 1.54 bits per heavy atom. The highest BCUT2D eigenvalue weighted by molar-refractivity contribution is 5.41. The molecule has 0 bridgehead atoms. The van der Waals surface area contributed by atoms with Crippen molar-refractivity contribution >= 4 is 11.4 Å². The predicted molar refractivity (Wildman–Crippen MR) is 102 cm³/mol. The van der Waals surface area contributed by atoms with Crippen molar-refractivity contribution in [1.82, 2.24) is 19.6 Å². The van der Waals surface area contributed by atoms with E-state index in [1.165, 1.54) is 6.42 Å². The molecule has 2 rings (SSSR count). The SMILES string of the molecule is CC(C)CCc1c(N)cnn1C.CC(C)CCc1nn(C)cc1N. The summed E-state index contributed by atoms with van der Waals surface area (Å²) in [5.41, 5.74) is 15.3. The van der Waals surface area contributed by atoms with E-state index in [0.717, 1.165) is 47.9 Å². The van der Waals surface area contributed by atoms with Crippen LogP contribution in [0.1, 0.15) is 51.9 Å². The predicted octanol–water partition coefficient (Wildman–Crippen LogP) is 3.18. The molecule has 0 saturated carbocycles. The Kier molecular flexibility index (Phi) is 7.82. The summed E-state index contributed by atoms with van der Waals surface area (Å²) in [6.07, 6.45) is 7.92. The summed E-state index contributed by atoms with van der Waals surface area (Å²) in [6, 6.07) is 0. The van der Waals surface area contributed by atoms with Crippen LogP contribution in [0.5, 0.6) is 0 Å². The van der Waals surface area contributed by atoms with Crippen molar-refractivity contribution in [2.75, 3.05) is 11.5 Å². The van der Waals surface area contributed by atoms with E-state index in [0.29, 0.717) is 5.92 Å². The first-order valence-corrected chi connectivity index (χ1v) is 8.75. The minimum absolute atomic E-state index is 0.714. The van der Waals surface area contributed by atoms with Gasteiger partial charge in [0.15, 0.2) is 0 Å². The Hall–Kier alpha value is -1.98. The highest BCUT2D eigenvalue weighted by atomic mass is 15.3. The van der Waals surface area contributed by atoms with Crippen molar-refractivity contribution in [3.05, 3.63) is 23.8 Å². The van der Waals surface area contributed by atoms with Gasteiger partial charge in [-0.15, -0.1) is 0 Å². The minimum Gasteiger partial charge on any atom is -0.396 e. The molecule has 136 valence electrons. The lowest BCUT2D eigenvalue weighted by Gasteiger charge is -2.05. The van der Waals surface area contributed by atoms with Crippen LogP contribution in [0, 0.1) is 11.8 Å². The van der Waals surface area contributed by atoms with Crippen molar-refractivity contribution in [1.29, 1.82) is 0 Å². The first-order valence-electron chi connectivity index (χ1n) is 8.75. The number of rotatable bonds is 6. The highest BCUT2D eigenvalue weighted by Crippen LogP contribution is 2.14. The number of hydrogen-bond acceptors (Lipinski definition) is 4. The number of aromatic nitrogens is 4. The van der Waals surface area contributed by atoms with Gasteiger partial charge in [0.25, 0.3) is 0 Å². The van der Waals surface area contributed by atoms with Crippen LogP contribution in [-0.4, -0.2) is 19.6 Å². The number of anilines is 2. The molecule has 0 fully saturated rings. The van der Waals surface area contributed by atoms with Crippen molar-refractivity contribution in [3.63, 3.8) is 0 Å². The Morgan fingerprint density at radius 3 is 1.96 bits per heavy atom. The number of hydrogen-bond donors (Lipinski definition) is 2. The van der Waals surface area contributed by atoms with Crippen LogP contribution in [0.3, 0.4) is 0 Å². The zero-order chi connectivity index (χ0) is 18.3. The molecular formula is C18H34N6. The molecule has 0 amide bonds. The molecule has 0 unspecified atom stereocenters. The van der Waals surface area contributed by atoms with E-state index in [1.807, 2.05) is 25.0 Å². The Bertz CT molecular complexity index is 590. The van der Waals surface area contributed by atoms with Gasteiger partial charge >= 0.3 is 0 Å². The molecule has 4 N–H and O–H groups in total. The summed E-state index contributed by atoms with van der Waals surface area (Å²) in [6.45, 7) is 8.84. The van der Waals surface area contributed by atoms with E-state index < -0.39 is 0 Å². The van der Waals surface area contributed by atoms with Crippen LogP contribution in [-0.2, 0) is 26.9 Å². The van der Waals surface area contributed by atoms with Crippen LogP contribution >= 0.6 is 0 Å². The second-order valence-electron chi connectivity index (χ2n) is 7.24. The van der Waals surface area contributed by atoms with E-state index >= 15 is 0 Å². The molecule has 24 heavy (non-hydrogen) atoms. The summed E-state index contributed by atoms with van der Waals surface area (Å²) < 4.78 is 3.63. The molecule has 6 nitrogen and oxygen atoms in total. The molecule has 2 aromatic rings. The smallest absolute Gasteiger partial charge is 0.0853 e. The van der Waals surface area contributed by atoms with Crippen molar-refractivity contribution in [2.24, 2.45) is 25.9 Å². The Morgan fingerprint density at radius 1 is 0.958 bits per heavy atom. The van der Waals surface area contributed by atoms with Gasteiger partial charge in [-0.05, 0) is 37.5 Å². The normalized spacial score (nSPS) is 11.0. The quantitative estimate of drug-likeness (QED) is 0.849. The third-order valence-electron chi connectivity index (χ3n) is 3.95. The van der Waals surface area contributed by atoms with E-state index in [2.05, 4.69) is 37.9 Å². The van der Waals surface area contributed by atoms with Crippen LogP contribution in [0.25, 0.3) is 0 Å². The average Bonchev–Trinajstić information content (AvgIpc) is 2.97. The van der Waals surface area contributed by atoms with Gasteiger partial charge in [-0.3, -0.25) is 9.36 Å². The van der Waals surface area contributed by atoms with E-state index in [-0.39, 0.29) is 0 Å². The molecule has 0 atom stereocenters. The van der Waals surface area contributed by atoms with E-state index in [9.17, 15) is 0 Å². The Balaban J connectivity index is 0.000000240. The van der Waals surface area contributed by atoms with Crippen molar-refractivity contribution in [2.45, 2.75) is 53.4 Å². The number of nitrogen functional groups attached to an aromatic ring is 2. The summed E-state index contributed by atoms with van der Waals surface area (Å²) in [5, 5.41) is 8.36. The van der Waals surface area contributed by atoms with Gasteiger partial charge in [-0.1, -0.05) is 27.7 Å². The maximum atomic E-state index is 5.74. The van der Waals surface area contributed by atoms with Gasteiger partial charge in [0, 0.05) is 20.3 Å². The lowest BCUT2D eigenvalue weighted by molar-refractivity contribution is 0.565. The number of nitrogens with zero attached hydrogens (tertiary/aromatic N) is 4. The Labute approximate surface area is 146 Å². The van der Waals surface area contributed by atoms with Crippen LogP contribution < -0.4 is 11.5 Å². The highest BCUT2D eigenvalue weighted by Gasteiger charge is 2.06. The van der Waals surface area contributed by atoms with Gasteiger partial charge in [0.05, 0.1) is 29.0 Å². The summed E-state index contributed by atoms with van der Waals surface area (Å²) in [5.74, 6) is 1.44. The zero-order valence-corrected chi connectivity index (χ0v) is 16.1. The van der Waals surface area contributed by atoms with Crippen molar-refractivity contribution < 1.29 is 0 Å². The van der Waals surface area contributed by atoms with E-state index in [1.54, 1.807) is 10.9 Å².